The molecule has 20 heteroatoms. The van der Waals surface area contributed by atoms with Crippen molar-refractivity contribution in [1.82, 2.24) is 29.1 Å². The van der Waals surface area contributed by atoms with Gasteiger partial charge in [-0.05, 0) is 68.9 Å². The molecule has 1 fully saturated rings. The molecule has 6 rings (SSSR count). The molecule has 2 aliphatic heterocycles. The number of nitrogens with zero attached hydrogens (tertiary/aromatic N) is 7. The molecule has 1 saturated heterocycles. The topological polar surface area (TPSA) is 218 Å². The molecular formula is C37H45N10O8S2+. The highest BCUT2D eigenvalue weighted by molar-refractivity contribution is 8.00. The van der Waals surface area contributed by atoms with E-state index in [-0.39, 0.29) is 48.2 Å². The average Bonchev–Trinajstić information content (AvgIpc) is 3.82. The number of benzene rings is 1. The Morgan fingerprint density at radius 1 is 1.16 bits per heavy atom. The number of fused-ring (bicyclic) bond motifs is 2. The molecule has 5 heterocycles. The number of imidazole rings is 1. The number of thioether (sulfide) groups is 1. The Kier molecular flexibility index (Phi) is 12.7. The molecule has 3 atom stereocenters. The molecule has 2 aliphatic rings. The molecule has 57 heavy (non-hydrogen) atoms. The molecule has 0 aliphatic carbocycles. The third-order valence-corrected chi connectivity index (χ3v) is 10.7. The van der Waals surface area contributed by atoms with Gasteiger partial charge in [0.1, 0.15) is 53.7 Å². The molecule has 1 aromatic carbocycles. The Hall–Kier alpha value is -5.60. The fourth-order valence-electron chi connectivity index (χ4n) is 5.96. The van der Waals surface area contributed by atoms with Crippen LogP contribution >= 0.6 is 23.3 Å². The molecule has 4 aromatic rings. The number of hydrogen-bond donors (Lipinski definition) is 3. The highest BCUT2D eigenvalue weighted by Crippen LogP contribution is 2.41. The summed E-state index contributed by atoms with van der Waals surface area (Å²) in [6.07, 6.45) is 3.67. The fraction of sp³-hybridized carbons (Fsp3) is 0.432. The van der Waals surface area contributed by atoms with Crippen LogP contribution < -0.4 is 25.7 Å². The number of amides is 3. The van der Waals surface area contributed by atoms with E-state index >= 15 is 0 Å². The van der Waals surface area contributed by atoms with E-state index in [4.69, 9.17) is 24.8 Å². The number of esters is 1. The van der Waals surface area contributed by atoms with Crippen molar-refractivity contribution in [3.63, 3.8) is 0 Å². The number of oxime groups is 1. The number of β-lactam (4-membered cyclic amide) rings is 1. The number of methoxy groups -OCH3 is 1. The van der Waals surface area contributed by atoms with Crippen LogP contribution in [0.15, 0.2) is 65.3 Å². The van der Waals surface area contributed by atoms with Crippen LogP contribution in [0.1, 0.15) is 52.4 Å². The number of rotatable bonds is 15. The van der Waals surface area contributed by atoms with Gasteiger partial charge in [-0.15, -0.1) is 11.8 Å². The third-order valence-electron chi connectivity index (χ3n) is 8.77. The molecular weight excluding hydrogens is 777 g/mol. The molecule has 2 unspecified atom stereocenters. The minimum atomic E-state index is -1.03. The van der Waals surface area contributed by atoms with Crippen molar-refractivity contribution in [2.75, 3.05) is 24.8 Å². The molecule has 0 spiro atoms. The van der Waals surface area contributed by atoms with Gasteiger partial charge in [0.05, 0.1) is 13.3 Å². The van der Waals surface area contributed by atoms with E-state index in [9.17, 15) is 19.2 Å². The fourth-order valence-corrected chi connectivity index (χ4v) is 7.85. The predicted molar refractivity (Wildman–Crippen MR) is 211 cm³/mol. The van der Waals surface area contributed by atoms with Crippen LogP contribution in [0.25, 0.3) is 11.2 Å². The van der Waals surface area contributed by atoms with E-state index in [1.807, 2.05) is 34.4 Å². The monoisotopic (exact) mass is 821 g/mol. The molecule has 3 amide bonds. The predicted octanol–water partition coefficient (Wildman–Crippen LogP) is 3.11. The molecule has 4 N–H and O–H groups in total. The Bertz CT molecular complexity index is 2200. The summed E-state index contributed by atoms with van der Waals surface area (Å²) in [5.74, 6) is -1.14. The van der Waals surface area contributed by atoms with Crippen molar-refractivity contribution in [2.24, 2.45) is 10.9 Å². The van der Waals surface area contributed by atoms with Crippen LogP contribution in [0.5, 0.6) is 5.75 Å². The number of nitrogens with one attached hydrogen (secondary N) is 2. The van der Waals surface area contributed by atoms with Crippen molar-refractivity contribution in [3.05, 3.63) is 71.6 Å². The standard InChI is InChI=1S/C37H44N10O8S2/c1-7-23(38)17-46-20-39-30-25(46)10-9-15-45(30)16-22-19-56-33-27(32(49)47(33)28(22)34(50)53-18-21-11-13-24(52-6)14-12-21)40-31(48)26(43-54-8-2)29-41-35(57-44-29)42-36(51)55-37(3,4)5/h9-15,20,23,27,33H,7-8,16-19,38H2,1-6H3,(H-,40,41,42,44,48,51)/p+1/b43-26-/t23-,27?,33?/m0/s1. The van der Waals surface area contributed by atoms with Gasteiger partial charge in [-0.2, -0.15) is 9.36 Å². The van der Waals surface area contributed by atoms with Gasteiger partial charge in [0.15, 0.2) is 0 Å². The first-order chi connectivity index (χ1) is 27.3. The van der Waals surface area contributed by atoms with E-state index in [2.05, 4.69) is 30.1 Å². The van der Waals surface area contributed by atoms with E-state index in [1.54, 1.807) is 65.4 Å². The first-order valence-corrected chi connectivity index (χ1v) is 20.0. The number of hydrogen-bond acceptors (Lipinski definition) is 15. The zero-order valence-corrected chi connectivity index (χ0v) is 34.0. The lowest BCUT2D eigenvalue weighted by Gasteiger charge is -2.49. The van der Waals surface area contributed by atoms with Crippen molar-refractivity contribution >= 4 is 69.2 Å². The van der Waals surface area contributed by atoms with E-state index in [0.717, 1.165) is 29.0 Å². The average molecular weight is 822 g/mol. The van der Waals surface area contributed by atoms with Crippen molar-refractivity contribution in [2.45, 2.75) is 83.8 Å². The quantitative estimate of drug-likeness (QED) is 0.0517. The first-order valence-electron chi connectivity index (χ1n) is 18.2. The van der Waals surface area contributed by atoms with E-state index < -0.39 is 40.9 Å². The Labute approximate surface area is 336 Å². The largest absolute Gasteiger partial charge is 0.497 e. The maximum atomic E-state index is 14.0. The normalized spacial score (nSPS) is 17.4. The molecule has 302 valence electrons. The van der Waals surface area contributed by atoms with E-state index in [1.165, 1.54) is 16.7 Å². The lowest BCUT2D eigenvalue weighted by molar-refractivity contribution is -0.664. The first kappa shape index (κ1) is 41.0. The Morgan fingerprint density at radius 3 is 2.63 bits per heavy atom. The number of anilines is 1. The summed E-state index contributed by atoms with van der Waals surface area (Å²) in [4.78, 5) is 69.5. The Balaban J connectivity index is 1.24. The van der Waals surface area contributed by atoms with Crippen LogP contribution in [0.3, 0.4) is 0 Å². The van der Waals surface area contributed by atoms with Gasteiger partial charge >= 0.3 is 17.7 Å². The second-order valence-electron chi connectivity index (χ2n) is 14.1. The van der Waals surface area contributed by atoms with Crippen LogP contribution in [-0.4, -0.2) is 95.9 Å². The summed E-state index contributed by atoms with van der Waals surface area (Å²) in [7, 11) is 1.56. The van der Waals surface area contributed by atoms with Gasteiger partial charge in [0, 0.05) is 35.4 Å². The molecule has 0 radical (unpaired) electrons. The van der Waals surface area contributed by atoms with Crippen LogP contribution in [0.4, 0.5) is 9.93 Å². The summed E-state index contributed by atoms with van der Waals surface area (Å²) in [6, 6.07) is 9.88. The molecule has 0 bridgehead atoms. The minimum Gasteiger partial charge on any atom is -0.497 e. The molecule has 18 nitrogen and oxygen atoms in total. The zero-order chi connectivity index (χ0) is 40.9. The number of aromatic nitrogens is 5. The number of carbonyl (C=O) groups is 4. The molecule has 0 saturated carbocycles. The van der Waals surface area contributed by atoms with Crippen LogP contribution in [-0.2, 0) is 48.4 Å². The third kappa shape index (κ3) is 9.51. The smallest absolute Gasteiger partial charge is 0.414 e. The van der Waals surface area contributed by atoms with Crippen molar-refractivity contribution in [1.29, 1.82) is 0 Å². The maximum Gasteiger partial charge on any atom is 0.414 e. The van der Waals surface area contributed by atoms with Crippen LogP contribution in [0, 0.1) is 0 Å². The lowest BCUT2D eigenvalue weighted by Crippen LogP contribution is -2.71. The second-order valence-corrected chi connectivity index (χ2v) is 15.9. The maximum absolute atomic E-state index is 14.0. The number of pyridine rings is 1. The van der Waals surface area contributed by atoms with Gasteiger partial charge < -0.3 is 34.7 Å². The van der Waals surface area contributed by atoms with Crippen LogP contribution in [0.2, 0.25) is 0 Å². The highest BCUT2D eigenvalue weighted by atomic mass is 32.2. The van der Waals surface area contributed by atoms with Gasteiger partial charge in [-0.1, -0.05) is 24.2 Å². The van der Waals surface area contributed by atoms with E-state index in [0.29, 0.717) is 29.3 Å². The zero-order valence-electron chi connectivity index (χ0n) is 32.4. The highest BCUT2D eigenvalue weighted by Gasteiger charge is 2.55. The Morgan fingerprint density at radius 2 is 1.93 bits per heavy atom. The van der Waals surface area contributed by atoms with Gasteiger partial charge in [0.25, 0.3) is 11.8 Å². The number of nitrogens with two attached hydrogens (primary N) is 1. The number of carbonyl (C=O) groups excluding carboxylic acids is 4. The summed E-state index contributed by atoms with van der Waals surface area (Å²) in [6.45, 7) is 9.78. The van der Waals surface area contributed by atoms with Gasteiger partial charge in [-0.3, -0.25) is 19.8 Å². The van der Waals surface area contributed by atoms with Crippen molar-refractivity contribution < 1.29 is 42.8 Å². The summed E-state index contributed by atoms with van der Waals surface area (Å²) in [5, 5.41) is 8.55. The van der Waals surface area contributed by atoms with Crippen molar-refractivity contribution in [3.8, 4) is 5.75 Å². The summed E-state index contributed by atoms with van der Waals surface area (Å²) in [5.41, 5.74) is 8.22. The summed E-state index contributed by atoms with van der Waals surface area (Å²) >= 11 is 2.20. The molecule has 3 aromatic heterocycles. The minimum absolute atomic E-state index is 0.0405. The SMILES string of the molecule is CCO/N=C(\C(=O)NC1C(=O)N2C(C(=O)OCc3ccc(OC)cc3)=C(C[n+]3cccc4c3ncn4C[C@@H](N)CC)CSC12)c1nsc(NC(=O)OC(C)(C)C)n1. The second kappa shape index (κ2) is 17.7. The lowest BCUT2D eigenvalue weighted by atomic mass is 10.0. The van der Waals surface area contributed by atoms with Gasteiger partial charge in [0.2, 0.25) is 23.0 Å². The van der Waals surface area contributed by atoms with Gasteiger partial charge in [-0.25, -0.2) is 14.2 Å². The number of ether oxygens (including phenoxy) is 3. The summed E-state index contributed by atoms with van der Waals surface area (Å²) < 4.78 is 24.4.